The minimum Gasteiger partial charge on any atom is -0.393 e. The van der Waals surface area contributed by atoms with Crippen LogP contribution in [-0.4, -0.2) is 50.0 Å². The highest BCUT2D eigenvalue weighted by molar-refractivity contribution is 4.73. The fourth-order valence-corrected chi connectivity index (χ4v) is 1.13. The van der Waals surface area contributed by atoms with Gasteiger partial charge in [-0.2, -0.15) is 0 Å². The van der Waals surface area contributed by atoms with Crippen LogP contribution in [0.15, 0.2) is 0 Å². The molecule has 0 fully saturated rings. The zero-order valence-electron chi connectivity index (χ0n) is 10.2. The summed E-state index contributed by atoms with van der Waals surface area (Å²) in [6, 6.07) is 0. The van der Waals surface area contributed by atoms with Gasteiger partial charge in [0, 0.05) is 20.2 Å². The normalized spacial score (nSPS) is 14.8. The van der Waals surface area contributed by atoms with Crippen LogP contribution in [0.3, 0.4) is 0 Å². The standard InChI is InChI=1S/C11H25NO2/c1-11(2,3)10(13)6-7-12(4)8-9-14-5/h10,13H,6-9H2,1-5H3. The van der Waals surface area contributed by atoms with Crippen LogP contribution in [0.5, 0.6) is 0 Å². The number of nitrogens with zero attached hydrogens (tertiary/aromatic N) is 1. The first-order valence-electron chi connectivity index (χ1n) is 5.23. The van der Waals surface area contributed by atoms with Crippen LogP contribution in [0, 0.1) is 5.41 Å². The largest absolute Gasteiger partial charge is 0.393 e. The molecule has 0 saturated carbocycles. The van der Waals surface area contributed by atoms with Crippen molar-refractivity contribution >= 4 is 0 Å². The third-order valence-corrected chi connectivity index (χ3v) is 2.46. The first-order valence-corrected chi connectivity index (χ1v) is 5.23. The van der Waals surface area contributed by atoms with Gasteiger partial charge in [0.05, 0.1) is 12.7 Å². The molecule has 1 atom stereocenters. The van der Waals surface area contributed by atoms with E-state index in [1.807, 2.05) is 0 Å². The summed E-state index contributed by atoms with van der Waals surface area (Å²) in [4.78, 5) is 2.18. The Hall–Kier alpha value is -0.120. The summed E-state index contributed by atoms with van der Waals surface area (Å²) in [5.41, 5.74) is -0.0118. The minimum atomic E-state index is -0.229. The van der Waals surface area contributed by atoms with Crippen molar-refractivity contribution in [3.05, 3.63) is 0 Å². The molecule has 0 radical (unpaired) electrons. The van der Waals surface area contributed by atoms with E-state index in [1.54, 1.807) is 7.11 Å². The third-order valence-electron chi connectivity index (χ3n) is 2.46. The third kappa shape index (κ3) is 6.35. The van der Waals surface area contributed by atoms with Crippen LogP contribution in [-0.2, 0) is 4.74 Å². The van der Waals surface area contributed by atoms with E-state index in [0.29, 0.717) is 0 Å². The summed E-state index contributed by atoms with van der Waals surface area (Å²) in [7, 11) is 3.76. The maximum atomic E-state index is 9.80. The predicted molar refractivity (Wildman–Crippen MR) is 59.5 cm³/mol. The first-order chi connectivity index (χ1) is 6.38. The van der Waals surface area contributed by atoms with E-state index < -0.39 is 0 Å². The van der Waals surface area contributed by atoms with Crippen molar-refractivity contribution in [2.24, 2.45) is 5.41 Å². The molecule has 86 valence electrons. The van der Waals surface area contributed by atoms with Gasteiger partial charge in [0.25, 0.3) is 0 Å². The summed E-state index contributed by atoms with van der Waals surface area (Å²) in [6.45, 7) is 8.78. The van der Waals surface area contributed by atoms with Gasteiger partial charge in [-0.05, 0) is 18.9 Å². The van der Waals surface area contributed by atoms with E-state index in [-0.39, 0.29) is 11.5 Å². The van der Waals surface area contributed by atoms with Gasteiger partial charge in [0.2, 0.25) is 0 Å². The molecule has 0 aliphatic rings. The molecule has 1 N–H and O–H groups in total. The number of aliphatic hydroxyl groups is 1. The van der Waals surface area contributed by atoms with Crippen molar-refractivity contribution in [2.75, 3.05) is 33.9 Å². The second kappa shape index (κ2) is 6.38. The smallest absolute Gasteiger partial charge is 0.0600 e. The lowest BCUT2D eigenvalue weighted by molar-refractivity contribution is 0.0456. The Morgan fingerprint density at radius 3 is 2.29 bits per heavy atom. The average molecular weight is 203 g/mol. The Labute approximate surface area is 88.1 Å². The molecule has 0 amide bonds. The van der Waals surface area contributed by atoms with Crippen LogP contribution in [0.4, 0.5) is 0 Å². The molecule has 0 aromatic heterocycles. The molecular weight excluding hydrogens is 178 g/mol. The Morgan fingerprint density at radius 2 is 1.86 bits per heavy atom. The maximum Gasteiger partial charge on any atom is 0.0600 e. The van der Waals surface area contributed by atoms with Gasteiger partial charge >= 0.3 is 0 Å². The van der Waals surface area contributed by atoms with Crippen LogP contribution in [0.1, 0.15) is 27.2 Å². The molecule has 0 rings (SSSR count). The lowest BCUT2D eigenvalue weighted by Gasteiger charge is -2.27. The Bertz CT molecular complexity index is 143. The van der Waals surface area contributed by atoms with Gasteiger partial charge in [-0.15, -0.1) is 0 Å². The molecule has 0 saturated heterocycles. The molecule has 0 heterocycles. The Balaban J connectivity index is 3.61. The molecule has 0 aromatic carbocycles. The number of hydrogen-bond donors (Lipinski definition) is 1. The summed E-state index contributed by atoms with van der Waals surface area (Å²) in [5.74, 6) is 0. The second-order valence-electron chi connectivity index (χ2n) is 4.97. The summed E-state index contributed by atoms with van der Waals surface area (Å²) < 4.78 is 4.98. The molecule has 3 nitrogen and oxygen atoms in total. The van der Waals surface area contributed by atoms with Crippen LogP contribution in [0.25, 0.3) is 0 Å². The molecule has 0 aliphatic heterocycles. The van der Waals surface area contributed by atoms with Crippen LogP contribution >= 0.6 is 0 Å². The van der Waals surface area contributed by atoms with Crippen molar-refractivity contribution < 1.29 is 9.84 Å². The van der Waals surface area contributed by atoms with Crippen LogP contribution in [0.2, 0.25) is 0 Å². The zero-order valence-corrected chi connectivity index (χ0v) is 10.2. The molecular formula is C11H25NO2. The quantitative estimate of drug-likeness (QED) is 0.707. The lowest BCUT2D eigenvalue weighted by Crippen LogP contribution is -2.32. The molecule has 0 spiro atoms. The number of aliphatic hydroxyl groups excluding tert-OH is 1. The number of methoxy groups -OCH3 is 1. The van der Waals surface area contributed by atoms with Gasteiger partial charge in [-0.3, -0.25) is 0 Å². The first kappa shape index (κ1) is 13.9. The van der Waals surface area contributed by atoms with Gasteiger partial charge in [0.1, 0.15) is 0 Å². The fourth-order valence-electron chi connectivity index (χ4n) is 1.13. The molecule has 0 bridgehead atoms. The van der Waals surface area contributed by atoms with Gasteiger partial charge < -0.3 is 14.7 Å². The van der Waals surface area contributed by atoms with E-state index in [0.717, 1.165) is 26.1 Å². The van der Waals surface area contributed by atoms with Crippen molar-refractivity contribution in [3.8, 4) is 0 Å². The number of likely N-dealkylation sites (N-methyl/N-ethyl adjacent to an activating group) is 1. The minimum absolute atomic E-state index is 0.0118. The summed E-state index contributed by atoms with van der Waals surface area (Å²) >= 11 is 0. The molecule has 0 aromatic rings. The van der Waals surface area contributed by atoms with E-state index in [4.69, 9.17) is 4.74 Å². The number of ether oxygens (including phenoxy) is 1. The van der Waals surface area contributed by atoms with Crippen molar-refractivity contribution in [1.29, 1.82) is 0 Å². The topological polar surface area (TPSA) is 32.7 Å². The van der Waals surface area contributed by atoms with Crippen molar-refractivity contribution in [2.45, 2.75) is 33.3 Å². The Kier molecular flexibility index (Phi) is 6.33. The van der Waals surface area contributed by atoms with Gasteiger partial charge in [-0.25, -0.2) is 0 Å². The lowest BCUT2D eigenvalue weighted by atomic mass is 9.87. The Morgan fingerprint density at radius 1 is 1.29 bits per heavy atom. The molecule has 0 aliphatic carbocycles. The molecule has 14 heavy (non-hydrogen) atoms. The molecule has 3 heteroatoms. The summed E-state index contributed by atoms with van der Waals surface area (Å²) in [6.07, 6.45) is 0.594. The highest BCUT2D eigenvalue weighted by Gasteiger charge is 2.21. The van der Waals surface area contributed by atoms with E-state index >= 15 is 0 Å². The SMILES string of the molecule is COCCN(C)CCC(O)C(C)(C)C. The van der Waals surface area contributed by atoms with Gasteiger partial charge in [-0.1, -0.05) is 20.8 Å². The summed E-state index contributed by atoms with van der Waals surface area (Å²) in [5, 5.41) is 9.80. The molecule has 1 unspecified atom stereocenters. The van der Waals surface area contributed by atoms with E-state index in [9.17, 15) is 5.11 Å². The predicted octanol–water partition coefficient (Wildman–Crippen LogP) is 1.36. The van der Waals surface area contributed by atoms with Gasteiger partial charge in [0.15, 0.2) is 0 Å². The highest BCUT2D eigenvalue weighted by Crippen LogP contribution is 2.21. The van der Waals surface area contributed by atoms with Crippen LogP contribution < -0.4 is 0 Å². The van der Waals surface area contributed by atoms with E-state index in [1.165, 1.54) is 0 Å². The van der Waals surface area contributed by atoms with Crippen molar-refractivity contribution in [3.63, 3.8) is 0 Å². The average Bonchev–Trinajstić information content (AvgIpc) is 2.09. The monoisotopic (exact) mass is 203 g/mol. The highest BCUT2D eigenvalue weighted by atomic mass is 16.5. The number of rotatable bonds is 6. The maximum absolute atomic E-state index is 9.80. The zero-order chi connectivity index (χ0) is 11.2. The second-order valence-corrected chi connectivity index (χ2v) is 4.97. The fraction of sp³-hybridized carbons (Fsp3) is 1.00. The van der Waals surface area contributed by atoms with Crippen molar-refractivity contribution in [1.82, 2.24) is 4.90 Å². The van der Waals surface area contributed by atoms with E-state index in [2.05, 4.69) is 32.7 Å². The number of hydrogen-bond acceptors (Lipinski definition) is 3.